The van der Waals surface area contributed by atoms with E-state index < -0.39 is 6.04 Å². The van der Waals surface area contributed by atoms with Gasteiger partial charge >= 0.3 is 0 Å². The Morgan fingerprint density at radius 3 is 2.45 bits per heavy atom. The van der Waals surface area contributed by atoms with Crippen LogP contribution in [0.15, 0.2) is 54.6 Å². The molecule has 0 unspecified atom stereocenters. The highest BCUT2D eigenvalue weighted by Crippen LogP contribution is 2.21. The van der Waals surface area contributed by atoms with E-state index in [1.807, 2.05) is 49.4 Å². The van der Waals surface area contributed by atoms with Crippen LogP contribution in [0.2, 0.25) is 5.02 Å². The van der Waals surface area contributed by atoms with Crippen LogP contribution < -0.4 is 5.32 Å². The average molecular weight is 461 g/mol. The van der Waals surface area contributed by atoms with Crippen molar-refractivity contribution in [3.05, 3.63) is 70.7 Å². The number of hydrogen-bond acceptors (Lipinski definition) is 3. The lowest BCUT2D eigenvalue weighted by molar-refractivity contribution is -0.141. The molecule has 0 fully saturated rings. The maximum Gasteiger partial charge on any atom is 0.242 e. The van der Waals surface area contributed by atoms with Crippen LogP contribution in [0.5, 0.6) is 0 Å². The van der Waals surface area contributed by atoms with E-state index in [1.54, 1.807) is 16.7 Å². The second kappa shape index (κ2) is 14.2. The van der Waals surface area contributed by atoms with Gasteiger partial charge in [0.25, 0.3) is 0 Å². The summed E-state index contributed by atoms with van der Waals surface area (Å²) in [5.41, 5.74) is 2.10. The Bertz CT molecular complexity index is 816. The number of hydrogen-bond donors (Lipinski definition) is 1. The van der Waals surface area contributed by atoms with E-state index in [-0.39, 0.29) is 11.8 Å². The van der Waals surface area contributed by atoms with Crippen LogP contribution in [-0.4, -0.2) is 35.1 Å². The van der Waals surface area contributed by atoms with Crippen LogP contribution in [0.3, 0.4) is 0 Å². The summed E-state index contributed by atoms with van der Waals surface area (Å²) >= 11 is 8.09. The standard InChI is InChI=1S/C25H33ClN2O2S/c1-3-5-16-27-25(30)23(4-2)28(18-21-13-9-10-14-22(21)26)24(29)15-17-31-19-20-11-7-6-8-12-20/h6-14,23H,3-5,15-19H2,1-2H3,(H,27,30)/t23-/m1/s1. The summed E-state index contributed by atoms with van der Waals surface area (Å²) in [6, 6.07) is 17.2. The van der Waals surface area contributed by atoms with Crippen molar-refractivity contribution >= 4 is 35.2 Å². The van der Waals surface area contributed by atoms with Gasteiger partial charge in [-0.15, -0.1) is 0 Å². The fourth-order valence-electron chi connectivity index (χ4n) is 3.30. The van der Waals surface area contributed by atoms with Gasteiger partial charge in [0.2, 0.25) is 11.8 Å². The van der Waals surface area contributed by atoms with Gasteiger partial charge in [0.15, 0.2) is 0 Å². The number of benzene rings is 2. The van der Waals surface area contributed by atoms with Crippen molar-refractivity contribution < 1.29 is 9.59 Å². The van der Waals surface area contributed by atoms with E-state index in [0.29, 0.717) is 36.7 Å². The van der Waals surface area contributed by atoms with Gasteiger partial charge in [0.05, 0.1) is 0 Å². The zero-order valence-corrected chi connectivity index (χ0v) is 20.1. The van der Waals surface area contributed by atoms with Crippen LogP contribution in [0.25, 0.3) is 0 Å². The summed E-state index contributed by atoms with van der Waals surface area (Å²) in [7, 11) is 0. The topological polar surface area (TPSA) is 49.4 Å². The van der Waals surface area contributed by atoms with E-state index in [1.165, 1.54) is 5.56 Å². The lowest BCUT2D eigenvalue weighted by atomic mass is 10.1. The van der Waals surface area contributed by atoms with E-state index in [0.717, 1.165) is 24.2 Å². The Balaban J connectivity index is 2.05. The lowest BCUT2D eigenvalue weighted by Crippen LogP contribution is -2.49. The molecule has 0 radical (unpaired) electrons. The Labute approximate surface area is 195 Å². The smallest absolute Gasteiger partial charge is 0.242 e. The number of amides is 2. The van der Waals surface area contributed by atoms with Gasteiger partial charge in [0, 0.05) is 36.0 Å². The van der Waals surface area contributed by atoms with Gasteiger partial charge in [0.1, 0.15) is 6.04 Å². The maximum absolute atomic E-state index is 13.2. The van der Waals surface area contributed by atoms with Gasteiger partial charge in [-0.25, -0.2) is 0 Å². The minimum atomic E-state index is -0.500. The number of carbonyl (C=O) groups excluding carboxylic acids is 2. The van der Waals surface area contributed by atoms with Crippen molar-refractivity contribution in [2.24, 2.45) is 0 Å². The maximum atomic E-state index is 13.2. The first-order valence-corrected chi connectivity index (χ1v) is 12.5. The van der Waals surface area contributed by atoms with E-state index >= 15 is 0 Å². The second-order valence-corrected chi connectivity index (χ2v) is 8.98. The molecule has 0 spiro atoms. The van der Waals surface area contributed by atoms with Crippen molar-refractivity contribution in [2.75, 3.05) is 12.3 Å². The molecule has 1 atom stereocenters. The summed E-state index contributed by atoms with van der Waals surface area (Å²) in [5, 5.41) is 3.60. The molecule has 0 bridgehead atoms. The normalized spacial score (nSPS) is 11.7. The predicted molar refractivity (Wildman–Crippen MR) is 131 cm³/mol. The second-order valence-electron chi connectivity index (χ2n) is 7.47. The molecule has 2 rings (SSSR count). The number of nitrogens with one attached hydrogen (secondary N) is 1. The third-order valence-electron chi connectivity index (χ3n) is 5.09. The average Bonchev–Trinajstić information content (AvgIpc) is 2.78. The number of thioether (sulfide) groups is 1. The summed E-state index contributed by atoms with van der Waals surface area (Å²) in [6.07, 6.45) is 2.89. The predicted octanol–water partition coefficient (Wildman–Crippen LogP) is 5.69. The summed E-state index contributed by atoms with van der Waals surface area (Å²) in [4.78, 5) is 27.7. The molecule has 2 amide bonds. The first-order chi connectivity index (χ1) is 15.1. The SMILES string of the molecule is CCCCNC(=O)[C@@H](CC)N(Cc1ccccc1Cl)C(=O)CCSCc1ccccc1. The molecule has 0 saturated carbocycles. The fraction of sp³-hybridized carbons (Fsp3) is 0.440. The van der Waals surface area contributed by atoms with Crippen molar-refractivity contribution in [3.63, 3.8) is 0 Å². The molecule has 0 aliphatic heterocycles. The molecule has 1 N–H and O–H groups in total. The molecular formula is C25H33ClN2O2S. The number of nitrogens with zero attached hydrogens (tertiary/aromatic N) is 1. The van der Waals surface area contributed by atoms with Crippen LogP contribution in [0, 0.1) is 0 Å². The number of unbranched alkanes of at least 4 members (excludes halogenated alkanes) is 1. The molecule has 2 aromatic carbocycles. The Kier molecular flexibility index (Phi) is 11.5. The summed E-state index contributed by atoms with van der Waals surface area (Å²) in [5.74, 6) is 1.47. The third kappa shape index (κ3) is 8.58. The molecule has 168 valence electrons. The molecular weight excluding hydrogens is 428 g/mol. The van der Waals surface area contributed by atoms with Gasteiger partial charge in [-0.1, -0.05) is 80.4 Å². The highest BCUT2D eigenvalue weighted by Gasteiger charge is 2.28. The summed E-state index contributed by atoms with van der Waals surface area (Å²) < 4.78 is 0. The van der Waals surface area contributed by atoms with Gasteiger partial charge < -0.3 is 10.2 Å². The Morgan fingerprint density at radius 2 is 1.77 bits per heavy atom. The molecule has 0 aliphatic carbocycles. The van der Waals surface area contributed by atoms with Crippen molar-refractivity contribution in [1.82, 2.24) is 10.2 Å². The summed E-state index contributed by atoms with van der Waals surface area (Å²) in [6.45, 7) is 5.00. The molecule has 4 nitrogen and oxygen atoms in total. The van der Waals surface area contributed by atoms with E-state index in [4.69, 9.17) is 11.6 Å². The highest BCUT2D eigenvalue weighted by atomic mass is 35.5. The van der Waals surface area contributed by atoms with Crippen molar-refractivity contribution in [2.45, 2.75) is 57.9 Å². The molecule has 6 heteroatoms. The zero-order chi connectivity index (χ0) is 22.5. The van der Waals surface area contributed by atoms with Crippen molar-refractivity contribution in [1.29, 1.82) is 0 Å². The molecule has 0 aliphatic rings. The Hall–Kier alpha value is -1.98. The van der Waals surface area contributed by atoms with Gasteiger partial charge in [-0.3, -0.25) is 9.59 Å². The van der Waals surface area contributed by atoms with Crippen LogP contribution in [-0.2, 0) is 21.9 Å². The van der Waals surface area contributed by atoms with E-state index in [9.17, 15) is 9.59 Å². The van der Waals surface area contributed by atoms with Gasteiger partial charge in [-0.05, 0) is 30.0 Å². The minimum Gasteiger partial charge on any atom is -0.354 e. The lowest BCUT2D eigenvalue weighted by Gasteiger charge is -2.31. The highest BCUT2D eigenvalue weighted by molar-refractivity contribution is 7.98. The molecule has 2 aromatic rings. The molecule has 0 saturated heterocycles. The minimum absolute atomic E-state index is 0.0158. The van der Waals surface area contributed by atoms with Crippen LogP contribution >= 0.6 is 23.4 Å². The van der Waals surface area contributed by atoms with E-state index in [2.05, 4.69) is 24.4 Å². The number of carbonyl (C=O) groups is 2. The number of halogens is 1. The molecule has 0 aromatic heterocycles. The molecule has 31 heavy (non-hydrogen) atoms. The first-order valence-electron chi connectivity index (χ1n) is 11.0. The quantitative estimate of drug-likeness (QED) is 0.391. The fourth-order valence-corrected chi connectivity index (χ4v) is 4.39. The zero-order valence-electron chi connectivity index (χ0n) is 18.5. The van der Waals surface area contributed by atoms with Crippen LogP contribution in [0.4, 0.5) is 0 Å². The van der Waals surface area contributed by atoms with Crippen molar-refractivity contribution in [3.8, 4) is 0 Å². The monoisotopic (exact) mass is 460 g/mol. The molecule has 0 heterocycles. The Morgan fingerprint density at radius 1 is 1.06 bits per heavy atom. The van der Waals surface area contributed by atoms with Gasteiger partial charge in [-0.2, -0.15) is 11.8 Å². The largest absolute Gasteiger partial charge is 0.354 e. The first kappa shape index (κ1) is 25.3. The third-order valence-corrected chi connectivity index (χ3v) is 6.48. The van der Waals surface area contributed by atoms with Crippen LogP contribution in [0.1, 0.15) is 50.7 Å². The number of rotatable bonds is 13.